The number of hydrogen-bond acceptors (Lipinski definition) is 3. The highest BCUT2D eigenvalue weighted by Crippen LogP contribution is 2.54. The van der Waals surface area contributed by atoms with Gasteiger partial charge in [0, 0.05) is 31.1 Å². The minimum absolute atomic E-state index is 0.653. The van der Waals surface area contributed by atoms with Crippen molar-refractivity contribution in [3.63, 3.8) is 0 Å². The first-order chi connectivity index (χ1) is 7.33. The molecule has 1 saturated carbocycles. The summed E-state index contributed by atoms with van der Waals surface area (Å²) in [5.41, 5.74) is 1.12. The molecular formula is C11H18N4. The second-order valence-electron chi connectivity index (χ2n) is 4.71. The Hall–Kier alpha value is -0.900. The van der Waals surface area contributed by atoms with E-state index in [2.05, 4.69) is 39.9 Å². The maximum absolute atomic E-state index is 4.23. The molecule has 0 bridgehead atoms. The van der Waals surface area contributed by atoms with E-state index in [9.17, 15) is 0 Å². The largest absolute Gasteiger partial charge is 0.303 e. The zero-order valence-electron chi connectivity index (χ0n) is 9.43. The summed E-state index contributed by atoms with van der Waals surface area (Å²) in [6.45, 7) is 8.07. The molecule has 1 saturated heterocycles. The predicted octanol–water partition coefficient (Wildman–Crippen LogP) is 0.963. The number of rotatable bonds is 3. The van der Waals surface area contributed by atoms with Crippen molar-refractivity contribution in [2.45, 2.75) is 26.3 Å². The molecule has 0 amide bonds. The van der Waals surface area contributed by atoms with Gasteiger partial charge in [-0.3, -0.25) is 0 Å². The summed E-state index contributed by atoms with van der Waals surface area (Å²) in [5.74, 6) is 1.69. The topological polar surface area (TPSA) is 34.0 Å². The summed E-state index contributed by atoms with van der Waals surface area (Å²) in [4.78, 5) is 2.53. The number of fused-ring (bicyclic) bond motifs is 1. The summed E-state index contributed by atoms with van der Waals surface area (Å²) >= 11 is 0. The van der Waals surface area contributed by atoms with Gasteiger partial charge in [0.05, 0.1) is 11.7 Å². The first kappa shape index (κ1) is 9.33. The van der Waals surface area contributed by atoms with Crippen molar-refractivity contribution in [3.05, 3.63) is 11.9 Å². The van der Waals surface area contributed by atoms with Gasteiger partial charge in [-0.05, 0) is 13.0 Å². The summed E-state index contributed by atoms with van der Waals surface area (Å²) in [7, 11) is 0. The van der Waals surface area contributed by atoms with Crippen LogP contribution in [0, 0.1) is 11.8 Å². The lowest BCUT2D eigenvalue weighted by Gasteiger charge is -2.16. The fraction of sp³-hybridized carbons (Fsp3) is 0.818. The van der Waals surface area contributed by atoms with E-state index in [1.165, 1.54) is 19.6 Å². The van der Waals surface area contributed by atoms with Gasteiger partial charge in [0.1, 0.15) is 0 Å². The van der Waals surface area contributed by atoms with Gasteiger partial charge in [-0.15, -0.1) is 5.10 Å². The van der Waals surface area contributed by atoms with Crippen LogP contribution in [-0.2, 0) is 6.42 Å². The Morgan fingerprint density at radius 3 is 2.60 bits per heavy atom. The van der Waals surface area contributed by atoms with E-state index in [0.717, 1.165) is 24.0 Å². The zero-order valence-corrected chi connectivity index (χ0v) is 9.43. The smallest absolute Gasteiger partial charge is 0.0824 e. The Bertz CT molecular complexity index is 347. The number of hydrogen-bond donors (Lipinski definition) is 0. The molecule has 4 heteroatoms. The molecule has 2 fully saturated rings. The van der Waals surface area contributed by atoms with Gasteiger partial charge in [-0.2, -0.15) is 0 Å². The maximum atomic E-state index is 4.23. The lowest BCUT2D eigenvalue weighted by atomic mass is 10.3. The molecule has 2 heterocycles. The average molecular weight is 206 g/mol. The fourth-order valence-electron chi connectivity index (χ4n) is 2.85. The van der Waals surface area contributed by atoms with Crippen molar-refractivity contribution in [3.8, 4) is 0 Å². The molecule has 2 aliphatic rings. The first-order valence-electron chi connectivity index (χ1n) is 5.96. The molecule has 3 rings (SSSR count). The van der Waals surface area contributed by atoms with E-state index in [-0.39, 0.29) is 0 Å². The van der Waals surface area contributed by atoms with Gasteiger partial charge < -0.3 is 4.90 Å². The number of aromatic nitrogens is 3. The van der Waals surface area contributed by atoms with Crippen LogP contribution in [0.1, 0.15) is 25.6 Å². The third kappa shape index (κ3) is 1.39. The Labute approximate surface area is 90.3 Å². The molecule has 15 heavy (non-hydrogen) atoms. The summed E-state index contributed by atoms with van der Waals surface area (Å²) in [5, 5.41) is 8.39. The predicted molar refractivity (Wildman–Crippen MR) is 57.5 cm³/mol. The molecular weight excluding hydrogens is 188 g/mol. The van der Waals surface area contributed by atoms with Gasteiger partial charge in [-0.1, -0.05) is 19.1 Å². The van der Waals surface area contributed by atoms with Gasteiger partial charge in [0.25, 0.3) is 0 Å². The minimum atomic E-state index is 0.653. The molecule has 82 valence electrons. The second-order valence-corrected chi connectivity index (χ2v) is 4.71. The molecule has 1 aromatic rings. The van der Waals surface area contributed by atoms with Crippen LogP contribution in [0.25, 0.3) is 0 Å². The molecule has 2 atom stereocenters. The second kappa shape index (κ2) is 3.30. The van der Waals surface area contributed by atoms with E-state index in [0.29, 0.717) is 6.04 Å². The standard InChI is InChI=1S/C11H18N4/c1-3-8-5-15(13-12-8)11-9-6-14(4-2)7-10(9)11/h5,9-11H,3-4,6-7H2,1-2H3. The SMILES string of the molecule is CCc1cn(C2C3CN(CC)CC32)nn1. The summed E-state index contributed by atoms with van der Waals surface area (Å²) in [6, 6.07) is 0.653. The van der Waals surface area contributed by atoms with Crippen molar-refractivity contribution < 1.29 is 0 Å². The molecule has 0 N–H and O–H groups in total. The Morgan fingerprint density at radius 2 is 2.07 bits per heavy atom. The highest BCUT2D eigenvalue weighted by molar-refractivity contribution is 5.09. The monoisotopic (exact) mass is 206 g/mol. The maximum Gasteiger partial charge on any atom is 0.0824 e. The molecule has 1 aliphatic carbocycles. The van der Waals surface area contributed by atoms with Crippen LogP contribution in [0.15, 0.2) is 6.20 Å². The Morgan fingerprint density at radius 1 is 1.33 bits per heavy atom. The third-order valence-electron chi connectivity index (χ3n) is 3.90. The van der Waals surface area contributed by atoms with Crippen LogP contribution < -0.4 is 0 Å². The van der Waals surface area contributed by atoms with Crippen molar-refractivity contribution >= 4 is 0 Å². The molecule has 1 aliphatic heterocycles. The van der Waals surface area contributed by atoms with Gasteiger partial charge in [-0.25, -0.2) is 4.68 Å². The van der Waals surface area contributed by atoms with Crippen LogP contribution in [0.2, 0.25) is 0 Å². The van der Waals surface area contributed by atoms with Crippen LogP contribution in [0.4, 0.5) is 0 Å². The molecule has 1 aromatic heterocycles. The molecule has 4 nitrogen and oxygen atoms in total. The molecule has 0 spiro atoms. The number of likely N-dealkylation sites (tertiary alicyclic amines) is 1. The van der Waals surface area contributed by atoms with E-state index in [1.807, 2.05) is 0 Å². The van der Waals surface area contributed by atoms with Crippen molar-refractivity contribution in [2.75, 3.05) is 19.6 Å². The van der Waals surface area contributed by atoms with Gasteiger partial charge >= 0.3 is 0 Å². The minimum Gasteiger partial charge on any atom is -0.303 e. The van der Waals surface area contributed by atoms with Crippen molar-refractivity contribution in [1.82, 2.24) is 19.9 Å². The molecule has 0 radical (unpaired) electrons. The Balaban J connectivity index is 1.68. The lowest BCUT2D eigenvalue weighted by molar-refractivity contribution is 0.293. The average Bonchev–Trinajstić information content (AvgIpc) is 2.75. The lowest BCUT2D eigenvalue weighted by Crippen LogP contribution is -2.24. The molecule has 2 unspecified atom stereocenters. The van der Waals surface area contributed by atoms with Gasteiger partial charge in [0.2, 0.25) is 0 Å². The van der Waals surface area contributed by atoms with Crippen LogP contribution in [0.3, 0.4) is 0 Å². The van der Waals surface area contributed by atoms with E-state index < -0.39 is 0 Å². The third-order valence-corrected chi connectivity index (χ3v) is 3.90. The number of piperidine rings is 1. The first-order valence-corrected chi connectivity index (χ1v) is 5.96. The number of aryl methyl sites for hydroxylation is 1. The van der Waals surface area contributed by atoms with E-state index >= 15 is 0 Å². The van der Waals surface area contributed by atoms with Crippen LogP contribution >= 0.6 is 0 Å². The normalized spacial score (nSPS) is 34.4. The highest BCUT2D eigenvalue weighted by Gasteiger charge is 2.57. The van der Waals surface area contributed by atoms with Crippen LogP contribution in [-0.4, -0.2) is 39.5 Å². The van der Waals surface area contributed by atoms with Crippen LogP contribution in [0.5, 0.6) is 0 Å². The summed E-state index contributed by atoms with van der Waals surface area (Å²) < 4.78 is 2.10. The highest BCUT2D eigenvalue weighted by atomic mass is 15.5. The number of nitrogens with zero attached hydrogens (tertiary/aromatic N) is 4. The zero-order chi connectivity index (χ0) is 10.4. The van der Waals surface area contributed by atoms with Gasteiger partial charge in [0.15, 0.2) is 0 Å². The fourth-order valence-corrected chi connectivity index (χ4v) is 2.85. The van der Waals surface area contributed by atoms with E-state index in [4.69, 9.17) is 0 Å². The van der Waals surface area contributed by atoms with Crippen molar-refractivity contribution in [2.24, 2.45) is 11.8 Å². The molecule has 0 aromatic carbocycles. The quantitative estimate of drug-likeness (QED) is 0.739. The summed E-state index contributed by atoms with van der Waals surface area (Å²) in [6.07, 6.45) is 3.11. The van der Waals surface area contributed by atoms with E-state index in [1.54, 1.807) is 0 Å². The Kier molecular flexibility index (Phi) is 2.06. The van der Waals surface area contributed by atoms with Crippen molar-refractivity contribution in [1.29, 1.82) is 0 Å².